The van der Waals surface area contributed by atoms with Crippen LogP contribution < -0.4 is 4.74 Å². The molecule has 0 aliphatic heterocycles. The van der Waals surface area contributed by atoms with Gasteiger partial charge in [0.1, 0.15) is 24.2 Å². The van der Waals surface area contributed by atoms with Gasteiger partial charge in [-0.1, -0.05) is 52.0 Å². The van der Waals surface area contributed by atoms with E-state index in [4.69, 9.17) is 4.74 Å². The van der Waals surface area contributed by atoms with Gasteiger partial charge in [0, 0.05) is 25.0 Å². The highest BCUT2D eigenvalue weighted by molar-refractivity contribution is 5.41. The highest BCUT2D eigenvalue weighted by atomic mass is 16.5. The van der Waals surface area contributed by atoms with Gasteiger partial charge in [-0.05, 0) is 41.3 Å². The van der Waals surface area contributed by atoms with Crippen LogP contribution in [0.2, 0.25) is 0 Å². The van der Waals surface area contributed by atoms with Gasteiger partial charge in [-0.2, -0.15) is 0 Å². The molecule has 0 saturated heterocycles. The number of aliphatic hydroxyl groups excluding tert-OH is 3. The molecular formula is C25H37NO5. The lowest BCUT2D eigenvalue weighted by Crippen LogP contribution is -2.42. The first-order valence-corrected chi connectivity index (χ1v) is 10.9. The Labute approximate surface area is 185 Å². The van der Waals surface area contributed by atoms with Crippen molar-refractivity contribution < 1.29 is 25.2 Å². The SMILES string of the molecule is CC(C)C(O)CN(CCO)CC(O)COc1ccc(C(C)(C)c2ccc(O)cc2)cc1. The number of hydrogen-bond acceptors (Lipinski definition) is 6. The molecule has 0 heterocycles. The lowest BCUT2D eigenvalue weighted by atomic mass is 9.78. The number of aliphatic hydroxyl groups is 3. The van der Waals surface area contributed by atoms with Crippen LogP contribution in [0, 0.1) is 5.92 Å². The van der Waals surface area contributed by atoms with Crippen molar-refractivity contribution in [3.8, 4) is 11.5 Å². The average Bonchev–Trinajstić information content (AvgIpc) is 2.73. The Kier molecular flexibility index (Phi) is 9.32. The monoisotopic (exact) mass is 431 g/mol. The summed E-state index contributed by atoms with van der Waals surface area (Å²) in [7, 11) is 0. The number of rotatable bonds is 12. The number of phenols is 1. The van der Waals surface area contributed by atoms with Crippen LogP contribution in [0.15, 0.2) is 48.5 Å². The third kappa shape index (κ3) is 7.51. The molecule has 0 saturated carbocycles. The number of ether oxygens (including phenoxy) is 1. The lowest BCUT2D eigenvalue weighted by molar-refractivity contribution is 0.0268. The molecule has 2 atom stereocenters. The fraction of sp³-hybridized carbons (Fsp3) is 0.520. The Balaban J connectivity index is 1.92. The summed E-state index contributed by atoms with van der Waals surface area (Å²) in [4.78, 5) is 1.85. The van der Waals surface area contributed by atoms with Gasteiger partial charge in [-0.3, -0.25) is 4.90 Å². The van der Waals surface area contributed by atoms with E-state index in [1.165, 1.54) is 0 Å². The highest BCUT2D eigenvalue weighted by Gasteiger charge is 2.23. The average molecular weight is 432 g/mol. The Morgan fingerprint density at radius 1 is 0.903 bits per heavy atom. The lowest BCUT2D eigenvalue weighted by Gasteiger charge is -2.28. The molecule has 2 aromatic rings. The van der Waals surface area contributed by atoms with Gasteiger partial charge in [-0.15, -0.1) is 0 Å². The molecule has 2 rings (SSSR count). The number of phenolic OH excluding ortho intramolecular Hbond substituents is 1. The predicted molar refractivity (Wildman–Crippen MR) is 123 cm³/mol. The first-order chi connectivity index (χ1) is 14.6. The summed E-state index contributed by atoms with van der Waals surface area (Å²) in [6, 6.07) is 15.0. The van der Waals surface area contributed by atoms with Crippen LogP contribution in [-0.2, 0) is 5.41 Å². The molecular weight excluding hydrogens is 394 g/mol. The zero-order valence-corrected chi connectivity index (χ0v) is 19.0. The second kappa shape index (κ2) is 11.5. The van der Waals surface area contributed by atoms with Crippen molar-refractivity contribution in [2.75, 3.05) is 32.8 Å². The highest BCUT2D eigenvalue weighted by Crippen LogP contribution is 2.33. The minimum absolute atomic E-state index is 0.0311. The molecule has 0 bridgehead atoms. The molecule has 0 amide bonds. The van der Waals surface area contributed by atoms with Crippen LogP contribution in [0.25, 0.3) is 0 Å². The van der Waals surface area contributed by atoms with Crippen LogP contribution in [0.4, 0.5) is 0 Å². The van der Waals surface area contributed by atoms with E-state index in [0.717, 1.165) is 11.1 Å². The summed E-state index contributed by atoms with van der Waals surface area (Å²) < 4.78 is 5.75. The van der Waals surface area contributed by atoms with Gasteiger partial charge in [0.05, 0.1) is 12.7 Å². The number of aromatic hydroxyl groups is 1. The minimum atomic E-state index is -0.737. The van der Waals surface area contributed by atoms with E-state index in [0.29, 0.717) is 25.4 Å². The zero-order chi connectivity index (χ0) is 23.0. The molecule has 0 fully saturated rings. The Hall–Kier alpha value is -2.12. The van der Waals surface area contributed by atoms with Crippen molar-refractivity contribution in [3.63, 3.8) is 0 Å². The van der Waals surface area contributed by atoms with Crippen molar-refractivity contribution in [3.05, 3.63) is 59.7 Å². The molecule has 0 aliphatic rings. The van der Waals surface area contributed by atoms with Crippen molar-refractivity contribution in [1.82, 2.24) is 4.90 Å². The van der Waals surface area contributed by atoms with Crippen LogP contribution in [0.1, 0.15) is 38.8 Å². The maximum absolute atomic E-state index is 10.4. The Morgan fingerprint density at radius 2 is 1.45 bits per heavy atom. The molecule has 2 unspecified atom stereocenters. The quantitative estimate of drug-likeness (QED) is 0.413. The maximum Gasteiger partial charge on any atom is 0.119 e. The van der Waals surface area contributed by atoms with Crippen LogP contribution in [0.5, 0.6) is 11.5 Å². The van der Waals surface area contributed by atoms with Gasteiger partial charge in [0.2, 0.25) is 0 Å². The van der Waals surface area contributed by atoms with Gasteiger partial charge >= 0.3 is 0 Å². The van der Waals surface area contributed by atoms with Gasteiger partial charge in [0.15, 0.2) is 0 Å². The second-order valence-corrected chi connectivity index (χ2v) is 8.96. The van der Waals surface area contributed by atoms with Gasteiger partial charge in [-0.25, -0.2) is 0 Å². The molecule has 172 valence electrons. The fourth-order valence-corrected chi connectivity index (χ4v) is 3.43. The molecule has 0 aromatic heterocycles. The standard InChI is InChI=1S/C25H37NO5/c1-18(2)24(30)16-26(13-14-27)15-22(29)17-31-23-11-7-20(8-12-23)25(3,4)19-5-9-21(28)10-6-19/h5-12,18,22,24,27-30H,13-17H2,1-4H3. The topological polar surface area (TPSA) is 93.4 Å². The molecule has 0 aliphatic carbocycles. The van der Waals surface area contributed by atoms with E-state index in [-0.39, 0.29) is 30.3 Å². The van der Waals surface area contributed by atoms with E-state index in [1.807, 2.05) is 55.1 Å². The molecule has 31 heavy (non-hydrogen) atoms. The molecule has 0 spiro atoms. The Bertz CT molecular complexity index is 774. The van der Waals surface area contributed by atoms with Crippen molar-refractivity contribution in [2.24, 2.45) is 5.92 Å². The summed E-state index contributed by atoms with van der Waals surface area (Å²) in [5, 5.41) is 39.2. The molecule has 0 radical (unpaired) electrons. The van der Waals surface area contributed by atoms with Crippen LogP contribution in [-0.4, -0.2) is 70.4 Å². The van der Waals surface area contributed by atoms with Gasteiger partial charge < -0.3 is 25.2 Å². The van der Waals surface area contributed by atoms with Crippen molar-refractivity contribution >= 4 is 0 Å². The largest absolute Gasteiger partial charge is 0.508 e. The summed E-state index contributed by atoms with van der Waals surface area (Å²) in [6.07, 6.45) is -1.25. The van der Waals surface area contributed by atoms with Crippen LogP contribution >= 0.6 is 0 Å². The molecule has 4 N–H and O–H groups in total. The number of nitrogens with zero attached hydrogens (tertiary/aromatic N) is 1. The smallest absolute Gasteiger partial charge is 0.119 e. The minimum Gasteiger partial charge on any atom is -0.508 e. The van der Waals surface area contributed by atoms with E-state index in [9.17, 15) is 20.4 Å². The van der Waals surface area contributed by atoms with E-state index < -0.39 is 12.2 Å². The van der Waals surface area contributed by atoms with E-state index in [1.54, 1.807) is 12.1 Å². The van der Waals surface area contributed by atoms with Crippen LogP contribution in [0.3, 0.4) is 0 Å². The fourth-order valence-electron chi connectivity index (χ4n) is 3.43. The molecule has 2 aromatic carbocycles. The predicted octanol–water partition coefficient (Wildman–Crippen LogP) is 2.77. The molecule has 6 heteroatoms. The summed E-state index contributed by atoms with van der Waals surface area (Å²) in [5.41, 5.74) is 1.98. The first-order valence-electron chi connectivity index (χ1n) is 10.9. The normalized spacial score (nSPS) is 14.1. The van der Waals surface area contributed by atoms with Gasteiger partial charge in [0.25, 0.3) is 0 Å². The number of benzene rings is 2. The van der Waals surface area contributed by atoms with Crippen molar-refractivity contribution in [1.29, 1.82) is 0 Å². The van der Waals surface area contributed by atoms with E-state index in [2.05, 4.69) is 13.8 Å². The Morgan fingerprint density at radius 3 is 1.97 bits per heavy atom. The summed E-state index contributed by atoms with van der Waals surface area (Å²) >= 11 is 0. The third-order valence-corrected chi connectivity index (χ3v) is 5.71. The van der Waals surface area contributed by atoms with Crippen molar-refractivity contribution in [2.45, 2.75) is 45.3 Å². The third-order valence-electron chi connectivity index (χ3n) is 5.71. The first kappa shape index (κ1) is 25.1. The zero-order valence-electron chi connectivity index (χ0n) is 19.0. The second-order valence-electron chi connectivity index (χ2n) is 8.96. The maximum atomic E-state index is 10.4. The summed E-state index contributed by atoms with van der Waals surface area (Å²) in [6.45, 7) is 9.33. The summed E-state index contributed by atoms with van der Waals surface area (Å²) in [5.74, 6) is 1.03. The van der Waals surface area contributed by atoms with E-state index >= 15 is 0 Å². The molecule has 6 nitrogen and oxygen atoms in total. The number of hydrogen-bond donors (Lipinski definition) is 4.